The van der Waals surface area contributed by atoms with Gasteiger partial charge in [0.15, 0.2) is 17.5 Å². The number of benzene rings is 3. The SMILES string of the molecule is Fc1cc(-c2cccc3c2OC[C@H](c2cccc(OC(F)(F)F)c2)N3)cc(F)c1F. The molecule has 0 fully saturated rings. The van der Waals surface area contributed by atoms with Crippen molar-refractivity contribution in [2.24, 2.45) is 0 Å². The Labute approximate surface area is 166 Å². The molecule has 0 unspecified atom stereocenters. The third-order valence-electron chi connectivity index (χ3n) is 4.53. The summed E-state index contributed by atoms with van der Waals surface area (Å²) in [5, 5.41) is 3.13. The van der Waals surface area contributed by atoms with Crippen LogP contribution >= 0.6 is 0 Å². The van der Waals surface area contributed by atoms with E-state index in [-0.39, 0.29) is 17.9 Å². The Kier molecular flexibility index (Phi) is 4.97. The zero-order chi connectivity index (χ0) is 21.5. The van der Waals surface area contributed by atoms with Gasteiger partial charge in [0, 0.05) is 5.56 Å². The summed E-state index contributed by atoms with van der Waals surface area (Å²) in [7, 11) is 0. The second-order valence-electron chi connectivity index (χ2n) is 6.56. The van der Waals surface area contributed by atoms with Crippen LogP contribution in [-0.4, -0.2) is 13.0 Å². The van der Waals surface area contributed by atoms with Crippen molar-refractivity contribution in [1.82, 2.24) is 0 Å². The molecule has 0 spiro atoms. The fourth-order valence-corrected chi connectivity index (χ4v) is 3.25. The summed E-state index contributed by atoms with van der Waals surface area (Å²) in [6, 6.07) is 11.5. The Bertz CT molecular complexity index is 1080. The van der Waals surface area contributed by atoms with Gasteiger partial charge in [-0.2, -0.15) is 0 Å². The van der Waals surface area contributed by atoms with Crippen LogP contribution in [0.25, 0.3) is 11.1 Å². The molecule has 1 aliphatic heterocycles. The highest BCUT2D eigenvalue weighted by Crippen LogP contribution is 2.42. The highest BCUT2D eigenvalue weighted by atomic mass is 19.4. The minimum atomic E-state index is -4.81. The molecule has 3 aromatic rings. The largest absolute Gasteiger partial charge is 0.573 e. The molecule has 4 rings (SSSR count). The number of ether oxygens (including phenoxy) is 2. The van der Waals surface area contributed by atoms with E-state index in [1.54, 1.807) is 24.3 Å². The number of para-hydroxylation sites is 1. The number of alkyl halides is 3. The molecule has 0 aliphatic carbocycles. The van der Waals surface area contributed by atoms with Gasteiger partial charge < -0.3 is 14.8 Å². The topological polar surface area (TPSA) is 30.5 Å². The molecular formula is C21H13F6NO2. The van der Waals surface area contributed by atoms with Crippen molar-refractivity contribution in [3.63, 3.8) is 0 Å². The first-order chi connectivity index (χ1) is 14.2. The number of rotatable bonds is 3. The molecule has 156 valence electrons. The third kappa shape index (κ3) is 4.00. The van der Waals surface area contributed by atoms with Crippen LogP contribution in [0.4, 0.5) is 32.0 Å². The zero-order valence-electron chi connectivity index (χ0n) is 15.1. The van der Waals surface area contributed by atoms with E-state index in [0.717, 1.165) is 12.1 Å². The zero-order valence-corrected chi connectivity index (χ0v) is 15.1. The van der Waals surface area contributed by atoms with Gasteiger partial charge in [-0.1, -0.05) is 24.3 Å². The van der Waals surface area contributed by atoms with Crippen LogP contribution in [0.2, 0.25) is 0 Å². The highest BCUT2D eigenvalue weighted by molar-refractivity contribution is 5.79. The molecule has 3 nitrogen and oxygen atoms in total. The summed E-state index contributed by atoms with van der Waals surface area (Å²) < 4.78 is 87.6. The highest BCUT2D eigenvalue weighted by Gasteiger charge is 2.31. The summed E-state index contributed by atoms with van der Waals surface area (Å²) in [5.41, 5.74) is 1.39. The fourth-order valence-electron chi connectivity index (χ4n) is 3.25. The van der Waals surface area contributed by atoms with Crippen molar-refractivity contribution in [2.75, 3.05) is 11.9 Å². The average molecular weight is 425 g/mol. The molecule has 0 saturated carbocycles. The molecule has 0 saturated heterocycles. The van der Waals surface area contributed by atoms with Crippen molar-refractivity contribution in [2.45, 2.75) is 12.4 Å². The second kappa shape index (κ2) is 7.47. The van der Waals surface area contributed by atoms with E-state index < -0.39 is 29.9 Å². The standard InChI is InChI=1S/C21H13F6NO2/c22-15-8-12(9-16(23)19(15)24)14-5-2-6-17-20(14)29-10-18(28-17)11-3-1-4-13(7-11)30-21(25,26)27/h1-9,18,28H,10H2/t18-/m1/s1. The lowest BCUT2D eigenvalue weighted by atomic mass is 10.00. The molecule has 0 bridgehead atoms. The molecule has 9 heteroatoms. The van der Waals surface area contributed by atoms with Crippen molar-refractivity contribution in [1.29, 1.82) is 0 Å². The molecule has 1 N–H and O–H groups in total. The summed E-state index contributed by atoms with van der Waals surface area (Å²) in [5.74, 6) is -4.29. The number of hydrogen-bond donors (Lipinski definition) is 1. The maximum absolute atomic E-state index is 13.6. The van der Waals surface area contributed by atoms with Crippen LogP contribution in [-0.2, 0) is 0 Å². The van der Waals surface area contributed by atoms with Gasteiger partial charge in [0.05, 0.1) is 11.7 Å². The predicted octanol–water partition coefficient (Wildman–Crippen LogP) is 6.22. The molecule has 1 atom stereocenters. The Hall–Kier alpha value is -3.36. The predicted molar refractivity (Wildman–Crippen MR) is 96.7 cm³/mol. The van der Waals surface area contributed by atoms with Gasteiger partial charge in [0.25, 0.3) is 0 Å². The monoisotopic (exact) mass is 425 g/mol. The number of nitrogens with one attached hydrogen (secondary N) is 1. The summed E-state index contributed by atoms with van der Waals surface area (Å²) in [6.07, 6.45) is -4.81. The molecule has 1 heterocycles. The van der Waals surface area contributed by atoms with Gasteiger partial charge in [-0.25, -0.2) is 13.2 Å². The van der Waals surface area contributed by atoms with Crippen LogP contribution in [0, 0.1) is 17.5 Å². The smallest absolute Gasteiger partial charge is 0.488 e. The minimum Gasteiger partial charge on any atom is -0.488 e. The molecule has 30 heavy (non-hydrogen) atoms. The molecular weight excluding hydrogens is 412 g/mol. The Morgan fingerprint density at radius 3 is 2.33 bits per heavy atom. The van der Waals surface area contributed by atoms with Gasteiger partial charge in [0.2, 0.25) is 0 Å². The Balaban J connectivity index is 1.63. The lowest BCUT2D eigenvalue weighted by molar-refractivity contribution is -0.274. The van der Waals surface area contributed by atoms with Crippen molar-refractivity contribution >= 4 is 5.69 Å². The lowest BCUT2D eigenvalue weighted by Crippen LogP contribution is -2.24. The van der Waals surface area contributed by atoms with E-state index in [9.17, 15) is 26.3 Å². The van der Waals surface area contributed by atoms with Crippen molar-refractivity contribution in [3.8, 4) is 22.6 Å². The van der Waals surface area contributed by atoms with E-state index in [2.05, 4.69) is 10.1 Å². The van der Waals surface area contributed by atoms with Gasteiger partial charge in [-0.15, -0.1) is 13.2 Å². The first-order valence-corrected chi connectivity index (χ1v) is 8.74. The van der Waals surface area contributed by atoms with E-state index >= 15 is 0 Å². The number of halogens is 6. The van der Waals surface area contributed by atoms with Crippen LogP contribution in [0.15, 0.2) is 54.6 Å². The number of fused-ring (bicyclic) bond motifs is 1. The quantitative estimate of drug-likeness (QED) is 0.400. The minimum absolute atomic E-state index is 0.0334. The van der Waals surface area contributed by atoms with E-state index in [1.165, 1.54) is 18.2 Å². The molecule has 3 aromatic carbocycles. The number of anilines is 1. The third-order valence-corrected chi connectivity index (χ3v) is 4.53. The molecule has 0 amide bonds. The maximum atomic E-state index is 13.6. The Morgan fingerprint density at radius 1 is 0.933 bits per heavy atom. The first kappa shape index (κ1) is 19.9. The van der Waals surface area contributed by atoms with Crippen LogP contribution in [0.5, 0.6) is 11.5 Å². The van der Waals surface area contributed by atoms with Crippen LogP contribution in [0.1, 0.15) is 11.6 Å². The summed E-state index contributed by atoms with van der Waals surface area (Å²) >= 11 is 0. The van der Waals surface area contributed by atoms with Crippen molar-refractivity contribution < 1.29 is 35.8 Å². The average Bonchev–Trinajstić information content (AvgIpc) is 2.69. The van der Waals surface area contributed by atoms with Gasteiger partial charge in [0.1, 0.15) is 18.1 Å². The van der Waals surface area contributed by atoms with Gasteiger partial charge >= 0.3 is 6.36 Å². The second-order valence-corrected chi connectivity index (χ2v) is 6.56. The van der Waals surface area contributed by atoms with E-state index in [1.807, 2.05) is 0 Å². The van der Waals surface area contributed by atoms with Gasteiger partial charge in [-0.05, 0) is 41.5 Å². The van der Waals surface area contributed by atoms with E-state index in [0.29, 0.717) is 22.6 Å². The molecule has 0 aromatic heterocycles. The number of hydrogen-bond acceptors (Lipinski definition) is 3. The van der Waals surface area contributed by atoms with E-state index in [4.69, 9.17) is 4.74 Å². The Morgan fingerprint density at radius 2 is 1.63 bits per heavy atom. The summed E-state index contributed by atoms with van der Waals surface area (Å²) in [6.45, 7) is 0.0334. The van der Waals surface area contributed by atoms with Crippen LogP contribution in [0.3, 0.4) is 0 Å². The summed E-state index contributed by atoms with van der Waals surface area (Å²) in [4.78, 5) is 0. The normalized spacial score (nSPS) is 15.7. The maximum Gasteiger partial charge on any atom is 0.573 e. The van der Waals surface area contributed by atoms with Crippen LogP contribution < -0.4 is 14.8 Å². The first-order valence-electron chi connectivity index (χ1n) is 8.74. The van der Waals surface area contributed by atoms with Crippen molar-refractivity contribution in [3.05, 3.63) is 77.6 Å². The fraction of sp³-hybridized carbons (Fsp3) is 0.143. The molecule has 0 radical (unpaired) electrons. The molecule has 1 aliphatic rings. The van der Waals surface area contributed by atoms with Gasteiger partial charge in [-0.3, -0.25) is 0 Å². The lowest BCUT2D eigenvalue weighted by Gasteiger charge is -2.29.